The highest BCUT2D eigenvalue weighted by Gasteiger charge is 2.18. The SMILES string of the molecule is CCNC(=O)NC(=O)C(C)n1cc(CCCN)nn1. The molecule has 0 aliphatic carbocycles. The van der Waals surface area contributed by atoms with Gasteiger partial charge in [-0.3, -0.25) is 10.1 Å². The van der Waals surface area contributed by atoms with E-state index in [2.05, 4.69) is 20.9 Å². The van der Waals surface area contributed by atoms with Crippen molar-refractivity contribution in [2.45, 2.75) is 32.7 Å². The van der Waals surface area contributed by atoms with Gasteiger partial charge in [0.1, 0.15) is 6.04 Å². The highest BCUT2D eigenvalue weighted by atomic mass is 16.2. The molecule has 0 aromatic carbocycles. The van der Waals surface area contributed by atoms with Gasteiger partial charge in [-0.15, -0.1) is 5.10 Å². The Kier molecular flexibility index (Phi) is 5.94. The van der Waals surface area contributed by atoms with Crippen molar-refractivity contribution in [2.75, 3.05) is 13.1 Å². The van der Waals surface area contributed by atoms with Gasteiger partial charge in [-0.1, -0.05) is 5.21 Å². The van der Waals surface area contributed by atoms with Gasteiger partial charge in [0.2, 0.25) is 0 Å². The third-order valence-electron chi connectivity index (χ3n) is 2.55. The number of urea groups is 1. The lowest BCUT2D eigenvalue weighted by Gasteiger charge is -2.11. The summed E-state index contributed by atoms with van der Waals surface area (Å²) >= 11 is 0. The number of rotatable bonds is 6. The average molecular weight is 268 g/mol. The van der Waals surface area contributed by atoms with E-state index in [4.69, 9.17) is 5.73 Å². The van der Waals surface area contributed by atoms with Gasteiger partial charge in [-0.05, 0) is 33.2 Å². The summed E-state index contributed by atoms with van der Waals surface area (Å²) < 4.78 is 1.43. The molecular formula is C11H20N6O2. The average Bonchev–Trinajstić information content (AvgIpc) is 2.84. The van der Waals surface area contributed by atoms with Crippen molar-refractivity contribution in [3.8, 4) is 0 Å². The van der Waals surface area contributed by atoms with Gasteiger partial charge in [0.25, 0.3) is 5.91 Å². The van der Waals surface area contributed by atoms with E-state index >= 15 is 0 Å². The number of amides is 3. The smallest absolute Gasteiger partial charge is 0.321 e. The fourth-order valence-electron chi connectivity index (χ4n) is 1.44. The summed E-state index contributed by atoms with van der Waals surface area (Å²) in [5.74, 6) is -0.429. The molecule has 0 spiro atoms. The molecule has 3 amide bonds. The summed E-state index contributed by atoms with van der Waals surface area (Å²) in [6.07, 6.45) is 3.23. The summed E-state index contributed by atoms with van der Waals surface area (Å²) in [7, 11) is 0. The Hall–Kier alpha value is -1.96. The largest absolute Gasteiger partial charge is 0.338 e. The number of hydrogen-bond donors (Lipinski definition) is 3. The van der Waals surface area contributed by atoms with Crippen molar-refractivity contribution in [1.29, 1.82) is 0 Å². The quantitative estimate of drug-likeness (QED) is 0.648. The molecule has 4 N–H and O–H groups in total. The third kappa shape index (κ3) is 4.66. The molecule has 1 heterocycles. The molecule has 0 saturated carbocycles. The molecule has 8 heteroatoms. The van der Waals surface area contributed by atoms with Crippen LogP contribution in [-0.2, 0) is 11.2 Å². The number of nitrogens with zero attached hydrogens (tertiary/aromatic N) is 3. The second-order valence-electron chi connectivity index (χ2n) is 4.11. The number of aryl methyl sites for hydroxylation is 1. The van der Waals surface area contributed by atoms with Crippen LogP contribution < -0.4 is 16.4 Å². The number of nitrogens with one attached hydrogen (secondary N) is 2. The zero-order chi connectivity index (χ0) is 14.3. The van der Waals surface area contributed by atoms with E-state index in [1.165, 1.54) is 4.68 Å². The third-order valence-corrected chi connectivity index (χ3v) is 2.55. The molecule has 8 nitrogen and oxygen atoms in total. The predicted octanol–water partition coefficient (Wildman–Crippen LogP) is -0.424. The van der Waals surface area contributed by atoms with Gasteiger partial charge >= 0.3 is 6.03 Å². The molecule has 1 unspecified atom stereocenters. The lowest BCUT2D eigenvalue weighted by molar-refractivity contribution is -0.123. The highest BCUT2D eigenvalue weighted by Crippen LogP contribution is 2.05. The van der Waals surface area contributed by atoms with Gasteiger partial charge in [-0.25, -0.2) is 9.48 Å². The monoisotopic (exact) mass is 268 g/mol. The van der Waals surface area contributed by atoms with Crippen molar-refractivity contribution in [2.24, 2.45) is 5.73 Å². The molecule has 0 fully saturated rings. The first-order valence-electron chi connectivity index (χ1n) is 6.28. The summed E-state index contributed by atoms with van der Waals surface area (Å²) in [6, 6.07) is -1.11. The summed E-state index contributed by atoms with van der Waals surface area (Å²) in [6.45, 7) is 4.46. The zero-order valence-electron chi connectivity index (χ0n) is 11.2. The maximum Gasteiger partial charge on any atom is 0.321 e. The Morgan fingerprint density at radius 3 is 2.89 bits per heavy atom. The van der Waals surface area contributed by atoms with Crippen LogP contribution in [-0.4, -0.2) is 40.0 Å². The molecule has 106 valence electrons. The van der Waals surface area contributed by atoms with Crippen LogP contribution in [0.3, 0.4) is 0 Å². The fraction of sp³-hybridized carbons (Fsp3) is 0.636. The second kappa shape index (κ2) is 7.47. The summed E-state index contributed by atoms with van der Waals surface area (Å²) in [5, 5.41) is 12.5. The molecule has 0 aliphatic rings. The van der Waals surface area contributed by atoms with Gasteiger partial charge in [-0.2, -0.15) is 0 Å². The standard InChI is InChI=1S/C11H20N6O2/c1-3-13-11(19)14-10(18)8(2)17-7-9(15-16-17)5-4-6-12/h7-8H,3-6,12H2,1-2H3,(H2,13,14,18,19). The van der Waals surface area contributed by atoms with Crippen LogP contribution in [0.25, 0.3) is 0 Å². The lowest BCUT2D eigenvalue weighted by atomic mass is 10.2. The Labute approximate surface area is 111 Å². The van der Waals surface area contributed by atoms with E-state index in [1.807, 2.05) is 0 Å². The summed E-state index contributed by atoms with van der Waals surface area (Å²) in [5.41, 5.74) is 6.19. The number of imide groups is 1. The van der Waals surface area contributed by atoms with Crippen molar-refractivity contribution in [3.05, 3.63) is 11.9 Å². The van der Waals surface area contributed by atoms with Crippen molar-refractivity contribution < 1.29 is 9.59 Å². The number of carbonyl (C=O) groups excluding carboxylic acids is 2. The lowest BCUT2D eigenvalue weighted by Crippen LogP contribution is -2.42. The first kappa shape index (κ1) is 15.1. The molecule has 1 rings (SSSR count). The van der Waals surface area contributed by atoms with Crippen LogP contribution in [0.4, 0.5) is 4.79 Å². The fourth-order valence-corrected chi connectivity index (χ4v) is 1.44. The number of hydrogen-bond acceptors (Lipinski definition) is 5. The van der Waals surface area contributed by atoms with E-state index < -0.39 is 18.0 Å². The molecule has 0 radical (unpaired) electrons. The van der Waals surface area contributed by atoms with E-state index in [0.29, 0.717) is 13.1 Å². The maximum atomic E-state index is 11.8. The van der Waals surface area contributed by atoms with Gasteiger partial charge < -0.3 is 11.1 Å². The van der Waals surface area contributed by atoms with Crippen molar-refractivity contribution >= 4 is 11.9 Å². The van der Waals surface area contributed by atoms with Gasteiger partial charge in [0, 0.05) is 12.7 Å². The van der Waals surface area contributed by atoms with Crippen molar-refractivity contribution in [3.63, 3.8) is 0 Å². The van der Waals surface area contributed by atoms with E-state index in [1.54, 1.807) is 20.0 Å². The minimum absolute atomic E-state index is 0.429. The molecular weight excluding hydrogens is 248 g/mol. The summed E-state index contributed by atoms with van der Waals surface area (Å²) in [4.78, 5) is 23.0. The van der Waals surface area contributed by atoms with Crippen LogP contribution in [0.15, 0.2) is 6.20 Å². The predicted molar refractivity (Wildman–Crippen MR) is 69.3 cm³/mol. The first-order valence-corrected chi connectivity index (χ1v) is 6.28. The minimum atomic E-state index is -0.596. The molecule has 0 saturated heterocycles. The first-order chi connectivity index (χ1) is 9.08. The van der Waals surface area contributed by atoms with Gasteiger partial charge in [0.05, 0.1) is 5.69 Å². The highest BCUT2D eigenvalue weighted by molar-refractivity contribution is 5.95. The van der Waals surface area contributed by atoms with Crippen LogP contribution in [0.5, 0.6) is 0 Å². The minimum Gasteiger partial charge on any atom is -0.338 e. The molecule has 19 heavy (non-hydrogen) atoms. The molecule has 0 bridgehead atoms. The topological polar surface area (TPSA) is 115 Å². The van der Waals surface area contributed by atoms with Crippen LogP contribution in [0, 0.1) is 0 Å². The second-order valence-corrected chi connectivity index (χ2v) is 4.11. The van der Waals surface area contributed by atoms with Crippen LogP contribution in [0.1, 0.15) is 32.0 Å². The van der Waals surface area contributed by atoms with Crippen LogP contribution >= 0.6 is 0 Å². The normalized spacial score (nSPS) is 11.9. The Bertz CT molecular complexity index is 431. The number of carbonyl (C=O) groups is 2. The Morgan fingerprint density at radius 2 is 2.26 bits per heavy atom. The molecule has 1 aromatic heterocycles. The Morgan fingerprint density at radius 1 is 1.53 bits per heavy atom. The maximum absolute atomic E-state index is 11.8. The molecule has 1 aromatic rings. The number of nitrogens with two attached hydrogens (primary N) is 1. The molecule has 1 atom stereocenters. The van der Waals surface area contributed by atoms with Crippen LogP contribution in [0.2, 0.25) is 0 Å². The van der Waals surface area contributed by atoms with Gasteiger partial charge in [0.15, 0.2) is 0 Å². The number of aromatic nitrogens is 3. The van der Waals surface area contributed by atoms with E-state index in [0.717, 1.165) is 18.5 Å². The zero-order valence-corrected chi connectivity index (χ0v) is 11.2. The van der Waals surface area contributed by atoms with Crippen molar-refractivity contribution in [1.82, 2.24) is 25.6 Å². The van der Waals surface area contributed by atoms with E-state index in [9.17, 15) is 9.59 Å². The van der Waals surface area contributed by atoms with E-state index in [-0.39, 0.29) is 0 Å². The Balaban J connectivity index is 2.56. The molecule has 0 aliphatic heterocycles.